The molecule has 31 heavy (non-hydrogen) atoms. The molecule has 1 aromatic carbocycles. The van der Waals surface area contributed by atoms with Crippen LogP contribution in [0.25, 0.3) is 0 Å². The number of alkyl carbamates (subject to hydrolysis) is 1. The normalized spacial score (nSPS) is 17.4. The van der Waals surface area contributed by atoms with Crippen LogP contribution < -0.4 is 15.5 Å². The predicted molar refractivity (Wildman–Crippen MR) is 137 cm³/mol. The lowest BCUT2D eigenvalue weighted by Gasteiger charge is -2.29. The third-order valence-electron chi connectivity index (χ3n) is 5.90. The summed E-state index contributed by atoms with van der Waals surface area (Å²) in [6.07, 6.45) is 5.89. The summed E-state index contributed by atoms with van der Waals surface area (Å²) in [6, 6.07) is 8.96. The van der Waals surface area contributed by atoms with Crippen LogP contribution in [0.2, 0.25) is 0 Å². The van der Waals surface area contributed by atoms with Gasteiger partial charge in [-0.1, -0.05) is 12.1 Å². The molecule has 2 fully saturated rings. The SMILES string of the molecule is CCOC(=O)NC(CNC(=NC)N(C)Cc1ccc(N2CCCCC2)cc1)C1CC1.I. The monoisotopic (exact) mass is 543 g/mol. The van der Waals surface area contributed by atoms with Crippen molar-refractivity contribution in [2.45, 2.75) is 51.6 Å². The number of ether oxygens (including phenoxy) is 1. The van der Waals surface area contributed by atoms with Gasteiger partial charge >= 0.3 is 6.09 Å². The molecule has 1 saturated carbocycles. The highest BCUT2D eigenvalue weighted by Crippen LogP contribution is 2.32. The topological polar surface area (TPSA) is 69.2 Å². The summed E-state index contributed by atoms with van der Waals surface area (Å²) in [5.74, 6) is 1.35. The van der Waals surface area contributed by atoms with Gasteiger partial charge in [-0.2, -0.15) is 0 Å². The van der Waals surface area contributed by atoms with Crippen molar-refractivity contribution in [1.82, 2.24) is 15.5 Å². The van der Waals surface area contributed by atoms with Crippen molar-refractivity contribution in [3.05, 3.63) is 29.8 Å². The van der Waals surface area contributed by atoms with Crippen LogP contribution in [0.15, 0.2) is 29.3 Å². The van der Waals surface area contributed by atoms with Gasteiger partial charge in [0.2, 0.25) is 0 Å². The molecule has 7 nitrogen and oxygen atoms in total. The van der Waals surface area contributed by atoms with Crippen molar-refractivity contribution in [3.8, 4) is 0 Å². The first-order chi connectivity index (χ1) is 14.6. The maximum atomic E-state index is 11.8. The van der Waals surface area contributed by atoms with E-state index in [1.165, 1.54) is 30.5 Å². The van der Waals surface area contributed by atoms with E-state index in [1.54, 1.807) is 7.05 Å². The number of hydrogen-bond acceptors (Lipinski definition) is 4. The Kier molecular flexibility index (Phi) is 10.7. The summed E-state index contributed by atoms with van der Waals surface area (Å²) in [5, 5.41) is 6.40. The molecule has 174 valence electrons. The zero-order valence-electron chi connectivity index (χ0n) is 19.1. The third kappa shape index (κ3) is 8.05. The maximum Gasteiger partial charge on any atom is 0.407 e. The lowest BCUT2D eigenvalue weighted by Crippen LogP contribution is -2.48. The predicted octanol–water partition coefficient (Wildman–Crippen LogP) is 3.83. The van der Waals surface area contributed by atoms with Gasteiger partial charge in [0.25, 0.3) is 0 Å². The number of carbonyl (C=O) groups is 1. The van der Waals surface area contributed by atoms with Crippen LogP contribution in [0.1, 0.15) is 44.6 Å². The van der Waals surface area contributed by atoms with Gasteiger partial charge in [-0.15, -0.1) is 24.0 Å². The van der Waals surface area contributed by atoms with Gasteiger partial charge in [0.1, 0.15) is 0 Å². The van der Waals surface area contributed by atoms with Crippen molar-refractivity contribution in [2.75, 3.05) is 45.2 Å². The van der Waals surface area contributed by atoms with E-state index in [0.717, 1.165) is 38.4 Å². The van der Waals surface area contributed by atoms with E-state index in [2.05, 4.69) is 49.7 Å². The van der Waals surface area contributed by atoms with Gasteiger partial charge in [-0.25, -0.2) is 4.79 Å². The molecule has 1 unspecified atom stereocenters. The van der Waals surface area contributed by atoms with Gasteiger partial charge < -0.3 is 25.2 Å². The van der Waals surface area contributed by atoms with E-state index >= 15 is 0 Å². The molecule has 1 aromatic rings. The van der Waals surface area contributed by atoms with Crippen LogP contribution in [0, 0.1) is 5.92 Å². The van der Waals surface area contributed by atoms with E-state index in [4.69, 9.17) is 4.74 Å². The van der Waals surface area contributed by atoms with Crippen LogP contribution in [-0.4, -0.2) is 63.3 Å². The molecule has 8 heteroatoms. The molecule has 1 amide bonds. The van der Waals surface area contributed by atoms with Crippen LogP contribution in [-0.2, 0) is 11.3 Å². The largest absolute Gasteiger partial charge is 0.450 e. The Balaban J connectivity index is 0.00000341. The summed E-state index contributed by atoms with van der Waals surface area (Å²) in [4.78, 5) is 20.8. The second-order valence-corrected chi connectivity index (χ2v) is 8.31. The lowest BCUT2D eigenvalue weighted by atomic mass is 10.1. The Morgan fingerprint density at radius 1 is 1.23 bits per heavy atom. The molecule has 0 bridgehead atoms. The fourth-order valence-electron chi connectivity index (χ4n) is 4.06. The number of halogens is 1. The van der Waals surface area contributed by atoms with Gasteiger partial charge in [0.15, 0.2) is 5.96 Å². The number of rotatable bonds is 8. The molecule has 1 atom stereocenters. The highest BCUT2D eigenvalue weighted by atomic mass is 127. The van der Waals surface area contributed by atoms with Crippen molar-refractivity contribution < 1.29 is 9.53 Å². The zero-order valence-corrected chi connectivity index (χ0v) is 21.4. The van der Waals surface area contributed by atoms with Gasteiger partial charge in [-0.05, 0) is 62.6 Å². The van der Waals surface area contributed by atoms with Crippen molar-refractivity contribution >= 4 is 41.7 Å². The molecule has 1 saturated heterocycles. The Hall–Kier alpha value is -1.71. The minimum atomic E-state index is -0.340. The molecule has 0 spiro atoms. The van der Waals surface area contributed by atoms with E-state index < -0.39 is 0 Å². The summed E-state index contributed by atoms with van der Waals surface area (Å²) in [5.41, 5.74) is 2.57. The van der Waals surface area contributed by atoms with Crippen molar-refractivity contribution in [1.29, 1.82) is 0 Å². The average molecular weight is 543 g/mol. The molecule has 0 aromatic heterocycles. The van der Waals surface area contributed by atoms with Gasteiger partial charge in [0, 0.05) is 46.0 Å². The Labute approximate surface area is 204 Å². The number of carbonyl (C=O) groups excluding carboxylic acids is 1. The minimum absolute atomic E-state index is 0. The smallest absolute Gasteiger partial charge is 0.407 e. The van der Waals surface area contributed by atoms with Crippen LogP contribution in [0.4, 0.5) is 10.5 Å². The maximum absolute atomic E-state index is 11.8. The minimum Gasteiger partial charge on any atom is -0.450 e. The molecule has 1 aliphatic heterocycles. The molecule has 1 heterocycles. The highest BCUT2D eigenvalue weighted by molar-refractivity contribution is 14.0. The Morgan fingerprint density at radius 2 is 1.90 bits per heavy atom. The van der Waals surface area contributed by atoms with E-state index in [9.17, 15) is 4.79 Å². The number of aliphatic imine (C=N–C) groups is 1. The molecule has 2 aliphatic rings. The lowest BCUT2D eigenvalue weighted by molar-refractivity contribution is 0.146. The summed E-state index contributed by atoms with van der Waals surface area (Å²) >= 11 is 0. The fourth-order valence-corrected chi connectivity index (χ4v) is 4.06. The number of guanidine groups is 1. The molecule has 2 N–H and O–H groups in total. The summed E-state index contributed by atoms with van der Waals surface area (Å²) in [7, 11) is 3.84. The third-order valence-corrected chi connectivity index (χ3v) is 5.90. The second-order valence-electron chi connectivity index (χ2n) is 8.31. The Morgan fingerprint density at radius 3 is 2.48 bits per heavy atom. The number of hydrogen-bond donors (Lipinski definition) is 2. The average Bonchev–Trinajstić information content (AvgIpc) is 3.60. The summed E-state index contributed by atoms with van der Waals surface area (Å²) < 4.78 is 5.04. The molecule has 1 aliphatic carbocycles. The molecular formula is C23H38IN5O2. The number of piperidine rings is 1. The van der Waals surface area contributed by atoms with Crippen molar-refractivity contribution in [3.63, 3.8) is 0 Å². The zero-order chi connectivity index (χ0) is 21.3. The first-order valence-corrected chi connectivity index (χ1v) is 11.3. The van der Waals surface area contributed by atoms with Gasteiger partial charge in [0.05, 0.1) is 12.6 Å². The first kappa shape index (κ1) is 25.5. The van der Waals surface area contributed by atoms with Crippen LogP contribution >= 0.6 is 24.0 Å². The van der Waals surface area contributed by atoms with Gasteiger partial charge in [-0.3, -0.25) is 4.99 Å². The number of nitrogens with zero attached hydrogens (tertiary/aromatic N) is 3. The summed E-state index contributed by atoms with van der Waals surface area (Å²) in [6.45, 7) is 5.96. The standard InChI is InChI=1S/C23H37N5O2.HI/c1-4-30-23(29)26-21(19-10-11-19)16-25-22(24-2)27(3)17-18-8-12-20(13-9-18)28-14-6-5-7-15-28;/h8-9,12-13,19,21H,4-7,10-11,14-17H2,1-3H3,(H,24,25)(H,26,29);1H. The fraction of sp³-hybridized carbons (Fsp3) is 0.652. The number of amides is 1. The molecule has 0 radical (unpaired) electrons. The first-order valence-electron chi connectivity index (χ1n) is 11.3. The number of nitrogens with one attached hydrogen (secondary N) is 2. The van der Waals surface area contributed by atoms with E-state index in [0.29, 0.717) is 19.1 Å². The highest BCUT2D eigenvalue weighted by Gasteiger charge is 2.32. The number of anilines is 1. The van der Waals surface area contributed by atoms with Crippen LogP contribution in [0.3, 0.4) is 0 Å². The van der Waals surface area contributed by atoms with Crippen LogP contribution in [0.5, 0.6) is 0 Å². The molecule has 3 rings (SSSR count). The second kappa shape index (κ2) is 13.0. The van der Waals surface area contributed by atoms with E-state index in [-0.39, 0.29) is 36.1 Å². The molecular weight excluding hydrogens is 505 g/mol. The number of benzene rings is 1. The van der Waals surface area contributed by atoms with E-state index in [1.807, 2.05) is 14.0 Å². The Bertz CT molecular complexity index is 702. The quantitative estimate of drug-likeness (QED) is 0.297. The van der Waals surface area contributed by atoms with Crippen molar-refractivity contribution in [2.24, 2.45) is 10.9 Å².